The van der Waals surface area contributed by atoms with Crippen molar-refractivity contribution in [3.05, 3.63) is 33.9 Å². The first-order valence-corrected chi connectivity index (χ1v) is 5.54. The maximum atomic E-state index is 10.6. The molecule has 1 aromatic rings. The molecular weight excluding hydrogens is 262 g/mol. The molecule has 1 aromatic carbocycles. The van der Waals surface area contributed by atoms with Gasteiger partial charge in [0.25, 0.3) is 0 Å². The first-order chi connectivity index (χ1) is 6.88. The third-order valence-electron chi connectivity index (χ3n) is 2.29. The van der Waals surface area contributed by atoms with Crippen LogP contribution in [0, 0.1) is 10.1 Å². The molecule has 0 radical (unpaired) electrons. The van der Waals surface area contributed by atoms with Crippen molar-refractivity contribution in [3.63, 3.8) is 0 Å². The van der Waals surface area contributed by atoms with Crippen LogP contribution in [0.2, 0.25) is 0 Å². The summed E-state index contributed by atoms with van der Waals surface area (Å²) in [5.41, 5.74) is 0.378. The number of aromatic hydroxyl groups is 1. The van der Waals surface area contributed by atoms with E-state index in [9.17, 15) is 15.2 Å². The molecule has 0 heterocycles. The second-order valence-electron chi connectivity index (χ2n) is 3.98. The monoisotopic (exact) mass is 273 g/mol. The Labute approximate surface area is 96.2 Å². The fourth-order valence-corrected chi connectivity index (χ4v) is 1.49. The average molecular weight is 274 g/mol. The van der Waals surface area contributed by atoms with Gasteiger partial charge in [0.05, 0.1) is 4.92 Å². The van der Waals surface area contributed by atoms with Gasteiger partial charge in [0.15, 0.2) is 5.75 Å². The Morgan fingerprint density at radius 1 is 1.53 bits per heavy atom. The normalized spacial score (nSPS) is 11.4. The number of halogens is 1. The fraction of sp³-hybridized carbons (Fsp3) is 0.400. The van der Waals surface area contributed by atoms with E-state index in [0.29, 0.717) is 5.33 Å². The highest BCUT2D eigenvalue weighted by molar-refractivity contribution is 9.09. The van der Waals surface area contributed by atoms with Crippen LogP contribution >= 0.6 is 15.9 Å². The second-order valence-corrected chi connectivity index (χ2v) is 4.54. The highest BCUT2D eigenvalue weighted by Gasteiger charge is 2.23. The van der Waals surface area contributed by atoms with E-state index in [-0.39, 0.29) is 16.9 Å². The third-order valence-corrected chi connectivity index (χ3v) is 3.69. The maximum Gasteiger partial charge on any atom is 0.310 e. The molecule has 0 amide bonds. The number of hydrogen-bond acceptors (Lipinski definition) is 3. The van der Waals surface area contributed by atoms with Gasteiger partial charge in [-0.2, -0.15) is 0 Å². The zero-order valence-electron chi connectivity index (χ0n) is 8.53. The maximum absolute atomic E-state index is 10.6. The SMILES string of the molecule is CC(C)(CBr)c1ccc(O)c([N+](=O)[O-])c1. The smallest absolute Gasteiger partial charge is 0.310 e. The predicted octanol–water partition coefficient (Wildman–Crippen LogP) is 2.97. The molecule has 0 aliphatic heterocycles. The van der Waals surface area contributed by atoms with E-state index in [1.165, 1.54) is 12.1 Å². The number of hydrogen-bond donors (Lipinski definition) is 1. The standard InChI is InChI=1S/C10H12BrNO3/c1-10(2,6-11)7-3-4-9(13)8(5-7)12(14)15/h3-5,13H,6H2,1-2H3. The molecule has 0 aliphatic rings. The van der Waals surface area contributed by atoms with Gasteiger partial charge in [-0.15, -0.1) is 0 Å². The van der Waals surface area contributed by atoms with Gasteiger partial charge >= 0.3 is 5.69 Å². The topological polar surface area (TPSA) is 63.4 Å². The number of phenolic OH excluding ortho intramolecular Hbond substituents is 1. The van der Waals surface area contributed by atoms with Crippen molar-refractivity contribution >= 4 is 21.6 Å². The minimum atomic E-state index is -0.580. The molecule has 0 atom stereocenters. The average Bonchev–Trinajstić information content (AvgIpc) is 2.17. The summed E-state index contributed by atoms with van der Waals surface area (Å²) in [6.45, 7) is 3.94. The number of phenols is 1. The number of rotatable bonds is 3. The lowest BCUT2D eigenvalue weighted by Gasteiger charge is -2.21. The van der Waals surface area contributed by atoms with Crippen LogP contribution in [0.25, 0.3) is 0 Å². The zero-order valence-corrected chi connectivity index (χ0v) is 10.1. The van der Waals surface area contributed by atoms with Crippen molar-refractivity contribution in [1.82, 2.24) is 0 Å². The van der Waals surface area contributed by atoms with Crippen LogP contribution in [0.1, 0.15) is 19.4 Å². The molecule has 4 nitrogen and oxygen atoms in total. The lowest BCUT2D eigenvalue weighted by Crippen LogP contribution is -2.18. The molecule has 0 unspecified atom stereocenters. The van der Waals surface area contributed by atoms with Crippen LogP contribution in [0.15, 0.2) is 18.2 Å². The number of nitro groups is 1. The van der Waals surface area contributed by atoms with Crippen molar-refractivity contribution < 1.29 is 10.0 Å². The van der Waals surface area contributed by atoms with Gasteiger partial charge in [0.1, 0.15) is 0 Å². The summed E-state index contributed by atoms with van der Waals surface area (Å²) in [6, 6.07) is 4.47. The minimum Gasteiger partial charge on any atom is -0.502 e. The lowest BCUT2D eigenvalue weighted by atomic mass is 9.87. The molecule has 0 aliphatic carbocycles. The van der Waals surface area contributed by atoms with E-state index in [1.54, 1.807) is 6.07 Å². The summed E-state index contributed by atoms with van der Waals surface area (Å²) in [5, 5.41) is 20.6. The Morgan fingerprint density at radius 3 is 2.60 bits per heavy atom. The van der Waals surface area contributed by atoms with E-state index >= 15 is 0 Å². The van der Waals surface area contributed by atoms with Crippen LogP contribution in [-0.4, -0.2) is 15.4 Å². The minimum absolute atomic E-state index is 0.196. The summed E-state index contributed by atoms with van der Waals surface area (Å²) in [7, 11) is 0. The highest BCUT2D eigenvalue weighted by Crippen LogP contribution is 2.33. The Bertz CT molecular complexity index is 390. The van der Waals surface area contributed by atoms with E-state index in [0.717, 1.165) is 5.56 Å². The van der Waals surface area contributed by atoms with Gasteiger partial charge in [0.2, 0.25) is 0 Å². The third kappa shape index (κ3) is 2.47. The van der Waals surface area contributed by atoms with Gasteiger partial charge in [-0.25, -0.2) is 0 Å². The molecule has 0 fully saturated rings. The molecule has 5 heteroatoms. The van der Waals surface area contributed by atoms with E-state index in [2.05, 4.69) is 15.9 Å². The predicted molar refractivity (Wildman–Crippen MR) is 61.6 cm³/mol. The van der Waals surface area contributed by atoms with Crippen LogP contribution in [0.3, 0.4) is 0 Å². The Kier molecular flexibility index (Phi) is 3.34. The molecular formula is C10H12BrNO3. The molecule has 0 saturated carbocycles. The number of alkyl halides is 1. The first-order valence-electron chi connectivity index (χ1n) is 4.42. The molecule has 0 saturated heterocycles. The zero-order chi connectivity index (χ0) is 11.6. The number of nitro benzene ring substituents is 1. The van der Waals surface area contributed by atoms with Crippen molar-refractivity contribution in [1.29, 1.82) is 0 Å². The van der Waals surface area contributed by atoms with E-state index in [1.807, 2.05) is 13.8 Å². The van der Waals surface area contributed by atoms with Crippen LogP contribution < -0.4 is 0 Å². The molecule has 15 heavy (non-hydrogen) atoms. The largest absolute Gasteiger partial charge is 0.502 e. The first kappa shape index (κ1) is 12.0. The van der Waals surface area contributed by atoms with Crippen LogP contribution in [0.5, 0.6) is 5.75 Å². The summed E-state index contributed by atoms with van der Waals surface area (Å²) in [4.78, 5) is 10.0. The summed E-state index contributed by atoms with van der Waals surface area (Å²) < 4.78 is 0. The molecule has 1 rings (SSSR count). The van der Waals surface area contributed by atoms with Crippen molar-refractivity contribution in [2.45, 2.75) is 19.3 Å². The Balaban J connectivity index is 3.25. The number of benzene rings is 1. The Morgan fingerprint density at radius 2 is 2.13 bits per heavy atom. The molecule has 0 bridgehead atoms. The fourth-order valence-electron chi connectivity index (χ4n) is 1.17. The van der Waals surface area contributed by atoms with Crippen molar-refractivity contribution in [3.8, 4) is 5.75 Å². The molecule has 82 valence electrons. The van der Waals surface area contributed by atoms with E-state index < -0.39 is 4.92 Å². The summed E-state index contributed by atoms with van der Waals surface area (Å²) in [5.74, 6) is -0.297. The molecule has 0 spiro atoms. The van der Waals surface area contributed by atoms with Crippen LogP contribution in [-0.2, 0) is 5.41 Å². The van der Waals surface area contributed by atoms with Gasteiger partial charge in [-0.1, -0.05) is 35.8 Å². The molecule has 0 aromatic heterocycles. The van der Waals surface area contributed by atoms with Crippen molar-refractivity contribution in [2.75, 3.05) is 5.33 Å². The van der Waals surface area contributed by atoms with Crippen LogP contribution in [0.4, 0.5) is 5.69 Å². The van der Waals surface area contributed by atoms with E-state index in [4.69, 9.17) is 0 Å². The van der Waals surface area contributed by atoms with Gasteiger partial charge in [-0.3, -0.25) is 10.1 Å². The van der Waals surface area contributed by atoms with Crippen molar-refractivity contribution in [2.24, 2.45) is 0 Å². The quantitative estimate of drug-likeness (QED) is 0.523. The summed E-state index contributed by atoms with van der Waals surface area (Å²) >= 11 is 3.36. The van der Waals surface area contributed by atoms with Gasteiger partial charge in [-0.05, 0) is 17.0 Å². The summed E-state index contributed by atoms with van der Waals surface area (Å²) in [6.07, 6.45) is 0. The number of nitrogens with zero attached hydrogens (tertiary/aromatic N) is 1. The second kappa shape index (κ2) is 4.18. The molecule has 1 N–H and O–H groups in total. The highest BCUT2D eigenvalue weighted by atomic mass is 79.9. The van der Waals surface area contributed by atoms with Gasteiger partial charge < -0.3 is 5.11 Å². The Hall–Kier alpha value is -1.10. The van der Waals surface area contributed by atoms with Gasteiger partial charge in [0, 0.05) is 11.4 Å². The lowest BCUT2D eigenvalue weighted by molar-refractivity contribution is -0.386.